The highest BCUT2D eigenvalue weighted by atomic mass is 32.1. The highest BCUT2D eigenvalue weighted by molar-refractivity contribution is 7.71. The summed E-state index contributed by atoms with van der Waals surface area (Å²) < 4.78 is 8.11. The van der Waals surface area contributed by atoms with Crippen molar-refractivity contribution in [2.24, 2.45) is 0 Å². The van der Waals surface area contributed by atoms with E-state index in [1.54, 1.807) is 0 Å². The van der Waals surface area contributed by atoms with Gasteiger partial charge in [-0.05, 0) is 26.1 Å². The number of hydrogen-bond donors (Lipinski definition) is 1. The van der Waals surface area contributed by atoms with E-state index < -0.39 is 0 Å². The molecule has 1 fully saturated rings. The summed E-state index contributed by atoms with van der Waals surface area (Å²) in [4.78, 5) is 2.41. The van der Waals surface area contributed by atoms with Crippen LogP contribution in [0.4, 0.5) is 0 Å². The molecule has 1 N–H and O–H groups in total. The molecule has 1 atom stereocenters. The molecule has 1 aliphatic heterocycles. The van der Waals surface area contributed by atoms with Crippen LogP contribution in [0, 0.1) is 11.7 Å². The van der Waals surface area contributed by atoms with Gasteiger partial charge in [0.15, 0.2) is 4.77 Å². The van der Waals surface area contributed by atoms with Gasteiger partial charge in [-0.3, -0.25) is 10.00 Å². The van der Waals surface area contributed by atoms with E-state index in [1.165, 1.54) is 0 Å². The van der Waals surface area contributed by atoms with Crippen molar-refractivity contribution in [2.75, 3.05) is 32.8 Å². The van der Waals surface area contributed by atoms with Crippen LogP contribution >= 0.6 is 12.2 Å². The molecule has 0 saturated carbocycles. The van der Waals surface area contributed by atoms with Crippen LogP contribution in [-0.2, 0) is 4.74 Å². The molecule has 1 aliphatic rings. The second kappa shape index (κ2) is 5.07. The fourth-order valence-electron chi connectivity index (χ4n) is 2.14. The molecule has 0 bridgehead atoms. The molecule has 1 saturated heterocycles. The van der Waals surface area contributed by atoms with Crippen LogP contribution in [-0.4, -0.2) is 52.5 Å². The fourth-order valence-corrected chi connectivity index (χ4v) is 2.50. The molecule has 0 aromatic carbocycles. The SMILES string of the molecule is Cc1n[nH]c(=S)n1C(C)CN1CCOCC1. The van der Waals surface area contributed by atoms with Crippen LogP contribution in [0.3, 0.4) is 0 Å². The number of aryl methyl sites for hydroxylation is 1. The van der Waals surface area contributed by atoms with Gasteiger partial charge in [0.2, 0.25) is 0 Å². The van der Waals surface area contributed by atoms with Crippen molar-refractivity contribution < 1.29 is 4.74 Å². The maximum atomic E-state index is 5.33. The number of rotatable bonds is 3. The average molecular weight is 242 g/mol. The predicted molar refractivity (Wildman–Crippen MR) is 64.1 cm³/mol. The topological polar surface area (TPSA) is 46.1 Å². The van der Waals surface area contributed by atoms with E-state index in [4.69, 9.17) is 17.0 Å². The van der Waals surface area contributed by atoms with Gasteiger partial charge in [0.1, 0.15) is 5.82 Å². The molecule has 2 heterocycles. The molecule has 0 radical (unpaired) electrons. The van der Waals surface area contributed by atoms with E-state index in [1.807, 2.05) is 6.92 Å². The molecule has 1 aromatic heterocycles. The third kappa shape index (κ3) is 2.50. The summed E-state index contributed by atoms with van der Waals surface area (Å²) in [7, 11) is 0. The molecule has 6 heteroatoms. The maximum Gasteiger partial charge on any atom is 0.195 e. The average Bonchev–Trinajstić information content (AvgIpc) is 2.60. The second-order valence-electron chi connectivity index (χ2n) is 4.21. The molecule has 90 valence electrons. The van der Waals surface area contributed by atoms with Gasteiger partial charge in [-0.25, -0.2) is 0 Å². The normalized spacial score (nSPS) is 19.9. The Hall–Kier alpha value is -0.720. The number of nitrogens with one attached hydrogen (secondary N) is 1. The van der Waals surface area contributed by atoms with E-state index in [0.717, 1.165) is 38.7 Å². The minimum absolute atomic E-state index is 0.351. The molecular formula is C10H18N4OS. The van der Waals surface area contributed by atoms with Gasteiger partial charge in [0.25, 0.3) is 0 Å². The van der Waals surface area contributed by atoms with Gasteiger partial charge in [-0.1, -0.05) is 0 Å². The van der Waals surface area contributed by atoms with Crippen molar-refractivity contribution in [1.29, 1.82) is 0 Å². The van der Waals surface area contributed by atoms with E-state index in [2.05, 4.69) is 26.6 Å². The maximum absolute atomic E-state index is 5.33. The number of ether oxygens (including phenoxy) is 1. The third-order valence-corrected chi connectivity index (χ3v) is 3.24. The lowest BCUT2D eigenvalue weighted by atomic mass is 10.3. The molecule has 0 aliphatic carbocycles. The standard InChI is InChI=1S/C10H18N4OS/c1-8(7-13-3-5-15-6-4-13)14-9(2)11-12-10(14)16/h8H,3-7H2,1-2H3,(H,12,16). The van der Waals surface area contributed by atoms with Gasteiger partial charge in [-0.15, -0.1) is 0 Å². The Morgan fingerprint density at radius 2 is 2.19 bits per heavy atom. The van der Waals surface area contributed by atoms with Gasteiger partial charge in [0.05, 0.1) is 13.2 Å². The fraction of sp³-hybridized carbons (Fsp3) is 0.800. The van der Waals surface area contributed by atoms with Crippen molar-refractivity contribution in [1.82, 2.24) is 19.7 Å². The van der Waals surface area contributed by atoms with Gasteiger partial charge in [-0.2, -0.15) is 5.10 Å². The molecule has 1 unspecified atom stereocenters. The van der Waals surface area contributed by atoms with Crippen LogP contribution in [0.5, 0.6) is 0 Å². The summed E-state index contributed by atoms with van der Waals surface area (Å²) in [6, 6.07) is 0.351. The minimum atomic E-state index is 0.351. The quantitative estimate of drug-likeness (QED) is 0.808. The lowest BCUT2D eigenvalue weighted by Gasteiger charge is -2.29. The zero-order valence-corrected chi connectivity index (χ0v) is 10.6. The first-order chi connectivity index (χ1) is 7.68. The lowest BCUT2D eigenvalue weighted by molar-refractivity contribution is 0.0324. The first kappa shape index (κ1) is 11.8. The van der Waals surface area contributed by atoms with Crippen molar-refractivity contribution in [3.63, 3.8) is 0 Å². The van der Waals surface area contributed by atoms with E-state index in [0.29, 0.717) is 10.8 Å². The number of nitrogens with zero attached hydrogens (tertiary/aromatic N) is 3. The summed E-state index contributed by atoms with van der Waals surface area (Å²) in [5.41, 5.74) is 0. The Balaban J connectivity index is 2.02. The smallest absolute Gasteiger partial charge is 0.195 e. The zero-order valence-electron chi connectivity index (χ0n) is 9.77. The number of aromatic nitrogens is 3. The highest BCUT2D eigenvalue weighted by Crippen LogP contribution is 2.11. The van der Waals surface area contributed by atoms with Gasteiger partial charge < -0.3 is 9.30 Å². The summed E-state index contributed by atoms with van der Waals surface area (Å²) in [6.45, 7) is 8.84. The first-order valence-electron chi connectivity index (χ1n) is 5.62. The monoisotopic (exact) mass is 242 g/mol. The van der Waals surface area contributed by atoms with Crippen molar-refractivity contribution in [3.8, 4) is 0 Å². The molecule has 0 spiro atoms. The number of aromatic amines is 1. The van der Waals surface area contributed by atoms with E-state index >= 15 is 0 Å². The summed E-state index contributed by atoms with van der Waals surface area (Å²) in [6.07, 6.45) is 0. The molecule has 0 amide bonds. The Bertz CT molecular complexity index is 394. The summed E-state index contributed by atoms with van der Waals surface area (Å²) >= 11 is 5.22. The molecule has 1 aromatic rings. The summed E-state index contributed by atoms with van der Waals surface area (Å²) in [5.74, 6) is 0.950. The van der Waals surface area contributed by atoms with Crippen molar-refractivity contribution >= 4 is 12.2 Å². The molecule has 16 heavy (non-hydrogen) atoms. The van der Waals surface area contributed by atoms with Crippen molar-refractivity contribution in [2.45, 2.75) is 19.9 Å². The third-order valence-electron chi connectivity index (χ3n) is 2.95. The predicted octanol–water partition coefficient (Wildman–Crippen LogP) is 1.14. The highest BCUT2D eigenvalue weighted by Gasteiger charge is 2.16. The summed E-state index contributed by atoms with van der Waals surface area (Å²) in [5, 5.41) is 6.96. The Labute approximate surface area is 100 Å². The number of morpholine rings is 1. The van der Waals surface area contributed by atoms with Crippen molar-refractivity contribution in [3.05, 3.63) is 10.6 Å². The van der Waals surface area contributed by atoms with Crippen LogP contribution in [0.15, 0.2) is 0 Å². The molecular weight excluding hydrogens is 224 g/mol. The van der Waals surface area contributed by atoms with E-state index in [9.17, 15) is 0 Å². The Morgan fingerprint density at radius 3 is 2.75 bits per heavy atom. The molecule has 2 rings (SSSR count). The van der Waals surface area contributed by atoms with Crippen LogP contribution < -0.4 is 0 Å². The Kier molecular flexibility index (Phi) is 3.73. The first-order valence-corrected chi connectivity index (χ1v) is 6.03. The minimum Gasteiger partial charge on any atom is -0.379 e. The Morgan fingerprint density at radius 1 is 1.50 bits per heavy atom. The number of H-pyrrole nitrogens is 1. The van der Waals surface area contributed by atoms with Gasteiger partial charge >= 0.3 is 0 Å². The van der Waals surface area contributed by atoms with Crippen LogP contribution in [0.2, 0.25) is 0 Å². The molecule has 5 nitrogen and oxygen atoms in total. The van der Waals surface area contributed by atoms with Gasteiger partial charge in [0, 0.05) is 25.7 Å². The van der Waals surface area contributed by atoms with Crippen LogP contribution in [0.25, 0.3) is 0 Å². The van der Waals surface area contributed by atoms with Crippen LogP contribution in [0.1, 0.15) is 18.8 Å². The number of hydrogen-bond acceptors (Lipinski definition) is 4. The van der Waals surface area contributed by atoms with E-state index in [-0.39, 0.29) is 0 Å². The second-order valence-corrected chi connectivity index (χ2v) is 4.59. The largest absolute Gasteiger partial charge is 0.379 e. The lowest BCUT2D eigenvalue weighted by Crippen LogP contribution is -2.39. The zero-order chi connectivity index (χ0) is 11.5.